The number of nitriles is 2. The Morgan fingerprint density at radius 1 is 0.640 bits per heavy atom. The minimum Gasteiger partial charge on any atom is -0.465 e. The van der Waals surface area contributed by atoms with E-state index in [1.807, 2.05) is 0 Å². The fraction of sp³-hybridized carbons (Fsp3) is 0.389. The molecule has 0 amide bonds. The van der Waals surface area contributed by atoms with Crippen molar-refractivity contribution < 1.29 is 35.9 Å². The van der Waals surface area contributed by atoms with Crippen molar-refractivity contribution in [3.63, 3.8) is 0 Å². The second-order valence-electron chi connectivity index (χ2n) is 12.5. The Morgan fingerprint density at radius 2 is 0.960 bits per heavy atom. The van der Waals surface area contributed by atoms with Crippen LogP contribution in [-0.4, -0.2) is 65.0 Å². The first-order valence-electron chi connectivity index (χ1n) is 15.9. The normalized spacial score (nSPS) is 28.4. The molecule has 3 aromatic carbocycles. The molecule has 50 heavy (non-hydrogen) atoms. The van der Waals surface area contributed by atoms with Crippen LogP contribution < -0.4 is 0 Å². The van der Waals surface area contributed by atoms with E-state index in [4.69, 9.17) is 32.7 Å². The quantitative estimate of drug-likeness (QED) is 0.259. The van der Waals surface area contributed by atoms with Crippen LogP contribution in [0.3, 0.4) is 0 Å². The van der Waals surface area contributed by atoms with Gasteiger partial charge < -0.3 is 9.47 Å². The summed E-state index contributed by atoms with van der Waals surface area (Å²) >= 11 is 12.2. The zero-order valence-corrected chi connectivity index (χ0v) is 30.4. The first kappa shape index (κ1) is 37.3. The summed E-state index contributed by atoms with van der Waals surface area (Å²) in [7, 11) is -7.79. The predicted molar refractivity (Wildman–Crippen MR) is 187 cm³/mol. The lowest BCUT2D eigenvalue weighted by Crippen LogP contribution is -2.52. The van der Waals surface area contributed by atoms with Gasteiger partial charge in [0.15, 0.2) is 30.5 Å². The van der Waals surface area contributed by atoms with Gasteiger partial charge >= 0.3 is 11.9 Å². The molecule has 262 valence electrons. The molecule has 2 saturated heterocycles. The van der Waals surface area contributed by atoms with Gasteiger partial charge in [-0.25, -0.2) is 16.8 Å². The highest BCUT2D eigenvalue weighted by Crippen LogP contribution is 2.55. The summed E-state index contributed by atoms with van der Waals surface area (Å²) in [6.07, 6.45) is 0. The summed E-state index contributed by atoms with van der Waals surface area (Å²) in [6, 6.07) is 22.9. The van der Waals surface area contributed by atoms with E-state index in [9.17, 15) is 36.9 Å². The highest BCUT2D eigenvalue weighted by molar-refractivity contribution is 7.91. The van der Waals surface area contributed by atoms with Crippen LogP contribution in [0.25, 0.3) is 0 Å². The molecule has 0 spiro atoms. The van der Waals surface area contributed by atoms with E-state index >= 15 is 0 Å². The second kappa shape index (κ2) is 14.4. The monoisotopic (exact) mass is 756 g/mol. The van der Waals surface area contributed by atoms with E-state index in [2.05, 4.69) is 12.1 Å². The summed E-state index contributed by atoms with van der Waals surface area (Å²) in [5, 5.41) is 22.5. The Labute approximate surface area is 301 Å². The summed E-state index contributed by atoms with van der Waals surface area (Å²) < 4.78 is 65.3. The van der Waals surface area contributed by atoms with Gasteiger partial charge in [0.1, 0.15) is 0 Å². The average molecular weight is 758 g/mol. The highest BCUT2D eigenvalue weighted by Gasteiger charge is 2.62. The van der Waals surface area contributed by atoms with Gasteiger partial charge in [-0.1, -0.05) is 71.7 Å². The number of sulfone groups is 2. The Hall–Kier alpha value is -3.94. The molecular weight excluding hydrogens is 723 g/mol. The number of hydrogen-bond donors (Lipinski definition) is 0. The van der Waals surface area contributed by atoms with Gasteiger partial charge in [-0.2, -0.15) is 10.5 Å². The SMILES string of the molecule is CCOC(=O)C1(C#N)C(c2ccc(Cl)cc2)CS(=O)(=O)CC1c1cccc(C2CS(=O)(=O)CC(c3ccc(Cl)cc3)C2(C#N)C(=O)OCC)c1. The number of rotatable bonds is 8. The van der Waals surface area contributed by atoms with E-state index in [0.717, 1.165) is 0 Å². The van der Waals surface area contributed by atoms with Crippen molar-refractivity contribution >= 4 is 54.8 Å². The zero-order valence-electron chi connectivity index (χ0n) is 27.2. The molecule has 0 bridgehead atoms. The van der Waals surface area contributed by atoms with Gasteiger partial charge in [0.25, 0.3) is 0 Å². The van der Waals surface area contributed by atoms with Gasteiger partial charge in [-0.05, 0) is 60.4 Å². The van der Waals surface area contributed by atoms with Gasteiger partial charge in [-0.15, -0.1) is 0 Å². The van der Waals surface area contributed by atoms with E-state index in [0.29, 0.717) is 21.2 Å². The molecule has 2 aliphatic heterocycles. The predicted octanol–water partition coefficient (Wildman–Crippen LogP) is 5.73. The first-order valence-corrected chi connectivity index (χ1v) is 20.3. The van der Waals surface area contributed by atoms with Crippen LogP contribution in [0.2, 0.25) is 10.0 Å². The smallest absolute Gasteiger partial charge is 0.327 e. The maximum absolute atomic E-state index is 13.9. The number of hydrogen-bond acceptors (Lipinski definition) is 10. The lowest BCUT2D eigenvalue weighted by Gasteiger charge is -2.44. The van der Waals surface area contributed by atoms with Gasteiger partial charge in [0, 0.05) is 33.7 Å². The van der Waals surface area contributed by atoms with E-state index in [1.54, 1.807) is 74.5 Å². The van der Waals surface area contributed by atoms with Crippen molar-refractivity contribution in [3.05, 3.63) is 105 Å². The van der Waals surface area contributed by atoms with Crippen molar-refractivity contribution in [2.45, 2.75) is 37.5 Å². The summed E-state index contributed by atoms with van der Waals surface area (Å²) in [5.74, 6) is -8.90. The molecule has 2 aliphatic rings. The number of halogens is 2. The highest BCUT2D eigenvalue weighted by atomic mass is 35.5. The summed E-state index contributed by atoms with van der Waals surface area (Å²) in [5.41, 5.74) is -2.84. The molecule has 14 heteroatoms. The van der Waals surface area contributed by atoms with E-state index < -0.39 is 89.1 Å². The molecule has 6 atom stereocenters. The number of benzene rings is 3. The van der Waals surface area contributed by atoms with Gasteiger partial charge in [0.2, 0.25) is 0 Å². The Bertz CT molecular complexity index is 1950. The molecule has 10 nitrogen and oxygen atoms in total. The topological polar surface area (TPSA) is 168 Å². The van der Waals surface area contributed by atoms with Crippen molar-refractivity contribution in [1.82, 2.24) is 0 Å². The minimum atomic E-state index is -3.90. The molecule has 3 aromatic rings. The molecule has 2 heterocycles. The fourth-order valence-electron chi connectivity index (χ4n) is 7.46. The summed E-state index contributed by atoms with van der Waals surface area (Å²) in [6.45, 7) is 3.00. The molecule has 0 radical (unpaired) electrons. The molecule has 0 N–H and O–H groups in total. The van der Waals surface area contributed by atoms with Crippen LogP contribution in [0.1, 0.15) is 59.8 Å². The standard InChI is InChI=1S/C36H34Cl2N2O8S2/c1-3-47-33(41)35(21-39)29(23-8-12-27(37)13-9-23)17-49(43,44)19-31(35)25-6-5-7-26(16-25)32-20-50(45,46)18-30(24-10-14-28(38)15-11-24)36(32,22-40)34(42)48-4-2/h5-16,29-32H,3-4,17-20H2,1-2H3. The molecular formula is C36H34Cl2N2O8S2. The van der Waals surface area contributed by atoms with Crippen LogP contribution >= 0.6 is 23.2 Å². The van der Waals surface area contributed by atoms with E-state index in [1.165, 1.54) is 12.1 Å². The largest absolute Gasteiger partial charge is 0.465 e. The van der Waals surface area contributed by atoms with Crippen LogP contribution in [0.4, 0.5) is 0 Å². The van der Waals surface area contributed by atoms with E-state index in [-0.39, 0.29) is 24.3 Å². The summed E-state index contributed by atoms with van der Waals surface area (Å²) in [4.78, 5) is 27.9. The van der Waals surface area contributed by atoms with Crippen LogP contribution in [-0.2, 0) is 38.7 Å². The van der Waals surface area contributed by atoms with Crippen LogP contribution in [0, 0.1) is 33.5 Å². The number of ether oxygens (including phenoxy) is 2. The zero-order chi connectivity index (χ0) is 36.5. The number of esters is 2. The lowest BCUT2D eigenvalue weighted by atomic mass is 9.62. The van der Waals surface area contributed by atoms with Crippen molar-refractivity contribution in [2.24, 2.45) is 10.8 Å². The molecule has 5 rings (SSSR count). The molecule has 6 unspecified atom stereocenters. The maximum atomic E-state index is 13.9. The molecule has 2 fully saturated rings. The van der Waals surface area contributed by atoms with Crippen molar-refractivity contribution in [2.75, 3.05) is 36.2 Å². The van der Waals surface area contributed by atoms with Crippen molar-refractivity contribution in [3.8, 4) is 12.1 Å². The molecule has 0 aromatic heterocycles. The Kier molecular flexibility index (Phi) is 10.7. The Balaban J connectivity index is 1.74. The van der Waals surface area contributed by atoms with Crippen molar-refractivity contribution in [1.29, 1.82) is 10.5 Å². The molecule has 0 saturated carbocycles. The second-order valence-corrected chi connectivity index (χ2v) is 17.7. The third kappa shape index (κ3) is 6.74. The average Bonchev–Trinajstić information content (AvgIpc) is 3.08. The minimum absolute atomic E-state index is 0.0780. The van der Waals surface area contributed by atoms with Crippen LogP contribution in [0.15, 0.2) is 72.8 Å². The lowest BCUT2D eigenvalue weighted by molar-refractivity contribution is -0.155. The fourth-order valence-corrected chi connectivity index (χ4v) is 11.8. The number of carbonyl (C=O) groups excluding carboxylic acids is 2. The third-order valence-electron chi connectivity index (χ3n) is 9.74. The number of carbonyl (C=O) groups is 2. The van der Waals surface area contributed by atoms with Gasteiger partial charge in [-0.3, -0.25) is 9.59 Å². The third-order valence-corrected chi connectivity index (χ3v) is 13.6. The first-order chi connectivity index (χ1) is 23.7. The van der Waals surface area contributed by atoms with Gasteiger partial charge in [0.05, 0.1) is 48.4 Å². The Morgan fingerprint density at radius 3 is 1.26 bits per heavy atom. The van der Waals surface area contributed by atoms with Crippen LogP contribution in [0.5, 0.6) is 0 Å². The maximum Gasteiger partial charge on any atom is 0.327 e. The molecule has 0 aliphatic carbocycles. The number of nitrogens with zero attached hydrogens (tertiary/aromatic N) is 2.